The van der Waals surface area contributed by atoms with Gasteiger partial charge >= 0.3 is 0 Å². The molecule has 0 amide bonds. The number of benzene rings is 8. The van der Waals surface area contributed by atoms with Crippen molar-refractivity contribution in [2.45, 2.75) is 19.8 Å². The van der Waals surface area contributed by atoms with Crippen LogP contribution in [0.1, 0.15) is 25.6 Å². The molecule has 5 nitrogen and oxygen atoms in total. The van der Waals surface area contributed by atoms with Crippen LogP contribution in [0, 0.1) is 0 Å². The lowest BCUT2D eigenvalue weighted by Gasteiger charge is -2.12. The molecule has 0 spiro atoms. The maximum atomic E-state index is 6.82. The lowest BCUT2D eigenvalue weighted by molar-refractivity contribution is 0.669. The summed E-state index contributed by atoms with van der Waals surface area (Å²) in [5, 5.41) is 11.6. The van der Waals surface area contributed by atoms with Gasteiger partial charge in [-0.1, -0.05) is 146 Å². The lowest BCUT2D eigenvalue weighted by Crippen LogP contribution is -2.05. The van der Waals surface area contributed by atoms with E-state index in [2.05, 4.69) is 128 Å². The molecule has 0 aliphatic rings. The fourth-order valence-corrected chi connectivity index (χ4v) is 8.47. The van der Waals surface area contributed by atoms with E-state index in [1.807, 2.05) is 55.5 Å². The molecule has 0 bridgehead atoms. The van der Waals surface area contributed by atoms with Gasteiger partial charge in [-0.3, -0.25) is 0 Å². The van der Waals surface area contributed by atoms with Gasteiger partial charge in [-0.15, -0.1) is 0 Å². The Morgan fingerprint density at radius 2 is 1.07 bits per heavy atom. The smallest absolute Gasteiger partial charge is 0.164 e. The third-order valence-electron chi connectivity index (χ3n) is 11.2. The third-order valence-corrected chi connectivity index (χ3v) is 11.2. The highest BCUT2D eigenvalue weighted by molar-refractivity contribution is 6.26. The summed E-state index contributed by atoms with van der Waals surface area (Å²) in [6.45, 7) is 4.12. The summed E-state index contributed by atoms with van der Waals surface area (Å²) < 4.78 is 13.1. The molecule has 0 N–H and O–H groups in total. The molecule has 0 radical (unpaired) electrons. The Hall–Kier alpha value is -7.37. The molecule has 5 heteroatoms. The average molecular weight is 734 g/mol. The standard InChI is InChI=1S/C52H35N3O2/c1-3-4-5-14-31(2)50-53-51(55-52(54-50)43-22-13-24-46-48(43)42-19-10-11-23-45(42)56-46)33-26-28-40-41-21-12-20-34(49(41)57-47(40)30-33)32-25-27-39-37-17-7-6-15-35(37)36-16-8-9-18-38(36)44(39)29-32/h3-31H,1-2H3/b4-3-,14-5-/t31-/m1/s1. The Kier molecular flexibility index (Phi) is 7.61. The fraction of sp³-hybridized carbons (Fsp3) is 0.0577. The largest absolute Gasteiger partial charge is 0.456 e. The second kappa shape index (κ2) is 13.1. The predicted octanol–water partition coefficient (Wildman–Crippen LogP) is 14.4. The molecule has 0 saturated carbocycles. The normalized spacial score (nSPS) is 12.9. The molecule has 11 rings (SSSR count). The van der Waals surface area contributed by atoms with E-state index < -0.39 is 0 Å². The third kappa shape index (κ3) is 5.35. The first-order valence-electron chi connectivity index (χ1n) is 19.4. The summed E-state index contributed by atoms with van der Waals surface area (Å²) in [7, 11) is 0. The number of hydrogen-bond acceptors (Lipinski definition) is 5. The molecule has 0 unspecified atom stereocenters. The van der Waals surface area contributed by atoms with Gasteiger partial charge in [0.25, 0.3) is 0 Å². The number of furan rings is 2. The molecule has 0 fully saturated rings. The lowest BCUT2D eigenvalue weighted by atomic mass is 9.92. The van der Waals surface area contributed by atoms with E-state index >= 15 is 0 Å². The highest BCUT2D eigenvalue weighted by atomic mass is 16.3. The predicted molar refractivity (Wildman–Crippen MR) is 236 cm³/mol. The molecule has 0 aliphatic carbocycles. The topological polar surface area (TPSA) is 65.0 Å². The van der Waals surface area contributed by atoms with Crippen LogP contribution in [0.25, 0.3) is 110 Å². The SMILES string of the molecule is C/C=C\C=C/[C@@H](C)c1nc(-c2ccc3c(c2)oc2c(-c4ccc5c6ccccc6c6ccccc6c5c4)cccc23)nc(-c2cccc3oc4ccccc4c23)n1. The molecule has 57 heavy (non-hydrogen) atoms. The molecule has 3 aromatic heterocycles. The van der Waals surface area contributed by atoms with E-state index in [0.717, 1.165) is 66.1 Å². The summed E-state index contributed by atoms with van der Waals surface area (Å²) in [6, 6.07) is 51.1. The molecule has 3 heterocycles. The first kappa shape index (κ1) is 33.0. The molecule has 1 atom stereocenters. The van der Waals surface area contributed by atoms with Crippen molar-refractivity contribution in [3.63, 3.8) is 0 Å². The summed E-state index contributed by atoms with van der Waals surface area (Å²) in [5.41, 5.74) is 7.18. The van der Waals surface area contributed by atoms with Crippen molar-refractivity contribution in [3.05, 3.63) is 176 Å². The Labute approximate surface area is 328 Å². The van der Waals surface area contributed by atoms with Crippen LogP contribution >= 0.6 is 0 Å². The first-order chi connectivity index (χ1) is 28.1. The van der Waals surface area contributed by atoms with Crippen LogP contribution < -0.4 is 0 Å². The molecule has 8 aromatic carbocycles. The van der Waals surface area contributed by atoms with E-state index in [9.17, 15) is 0 Å². The highest BCUT2D eigenvalue weighted by Gasteiger charge is 2.20. The van der Waals surface area contributed by atoms with E-state index in [1.54, 1.807) is 0 Å². The highest BCUT2D eigenvalue weighted by Crippen LogP contribution is 2.42. The second-order valence-electron chi connectivity index (χ2n) is 14.7. The van der Waals surface area contributed by atoms with Crippen molar-refractivity contribution in [1.82, 2.24) is 15.0 Å². The number of aromatic nitrogens is 3. The van der Waals surface area contributed by atoms with E-state index in [1.165, 1.54) is 32.3 Å². The van der Waals surface area contributed by atoms with Gasteiger partial charge in [-0.05, 0) is 75.1 Å². The monoisotopic (exact) mass is 733 g/mol. The molecular formula is C52H35N3O2. The van der Waals surface area contributed by atoms with Crippen molar-refractivity contribution < 1.29 is 8.83 Å². The van der Waals surface area contributed by atoms with Crippen LogP contribution in [0.15, 0.2) is 179 Å². The molecule has 0 saturated heterocycles. The molecular weight excluding hydrogens is 699 g/mol. The average Bonchev–Trinajstić information content (AvgIpc) is 3.84. The van der Waals surface area contributed by atoms with E-state index in [0.29, 0.717) is 17.5 Å². The zero-order chi connectivity index (χ0) is 38.0. The van der Waals surface area contributed by atoms with Gasteiger partial charge in [0.2, 0.25) is 0 Å². The number of nitrogens with zero attached hydrogens (tertiary/aromatic N) is 3. The fourth-order valence-electron chi connectivity index (χ4n) is 8.47. The van der Waals surface area contributed by atoms with Gasteiger partial charge in [-0.25, -0.2) is 15.0 Å². The van der Waals surface area contributed by atoms with Gasteiger partial charge in [0.15, 0.2) is 11.6 Å². The maximum Gasteiger partial charge on any atom is 0.164 e. The first-order valence-corrected chi connectivity index (χ1v) is 19.4. The van der Waals surface area contributed by atoms with Gasteiger partial charge in [0.05, 0.1) is 0 Å². The van der Waals surface area contributed by atoms with Crippen LogP contribution in [0.4, 0.5) is 0 Å². The summed E-state index contributed by atoms with van der Waals surface area (Å²) >= 11 is 0. The number of rotatable bonds is 6. The van der Waals surface area contributed by atoms with Gasteiger partial charge < -0.3 is 8.83 Å². The Morgan fingerprint density at radius 3 is 1.86 bits per heavy atom. The van der Waals surface area contributed by atoms with Crippen LogP contribution in [-0.4, -0.2) is 15.0 Å². The van der Waals surface area contributed by atoms with E-state index in [4.69, 9.17) is 23.8 Å². The number of allylic oxidation sites excluding steroid dienone is 4. The summed E-state index contributed by atoms with van der Waals surface area (Å²) in [6.07, 6.45) is 8.18. The minimum Gasteiger partial charge on any atom is -0.456 e. The number of fused-ring (bicyclic) bond motifs is 12. The van der Waals surface area contributed by atoms with Crippen LogP contribution in [-0.2, 0) is 0 Å². The zero-order valence-electron chi connectivity index (χ0n) is 31.4. The Bertz CT molecular complexity index is 3420. The Balaban J connectivity index is 1.07. The summed E-state index contributed by atoms with van der Waals surface area (Å²) in [5.74, 6) is 1.81. The van der Waals surface area contributed by atoms with Crippen molar-refractivity contribution in [2.75, 3.05) is 0 Å². The molecule has 11 aromatic rings. The molecule has 270 valence electrons. The van der Waals surface area contributed by atoms with Crippen molar-refractivity contribution in [2.24, 2.45) is 0 Å². The quantitative estimate of drug-likeness (QED) is 0.126. The van der Waals surface area contributed by atoms with Crippen molar-refractivity contribution in [1.29, 1.82) is 0 Å². The zero-order valence-corrected chi connectivity index (χ0v) is 31.4. The van der Waals surface area contributed by atoms with Gasteiger partial charge in [-0.2, -0.15) is 0 Å². The van der Waals surface area contributed by atoms with Crippen LogP contribution in [0.5, 0.6) is 0 Å². The maximum absolute atomic E-state index is 6.82. The van der Waals surface area contributed by atoms with Gasteiger partial charge in [0, 0.05) is 44.2 Å². The minimum atomic E-state index is -0.0588. The van der Waals surface area contributed by atoms with E-state index in [-0.39, 0.29) is 5.92 Å². The van der Waals surface area contributed by atoms with Crippen LogP contribution in [0.2, 0.25) is 0 Å². The van der Waals surface area contributed by atoms with Crippen molar-refractivity contribution in [3.8, 4) is 33.9 Å². The molecule has 0 aliphatic heterocycles. The summed E-state index contributed by atoms with van der Waals surface area (Å²) in [4.78, 5) is 15.3. The Morgan fingerprint density at radius 1 is 0.456 bits per heavy atom. The van der Waals surface area contributed by atoms with Crippen molar-refractivity contribution >= 4 is 76.2 Å². The van der Waals surface area contributed by atoms with Gasteiger partial charge in [0.1, 0.15) is 28.2 Å². The minimum absolute atomic E-state index is 0.0588. The number of para-hydroxylation sites is 2. The number of hydrogen-bond donors (Lipinski definition) is 0. The van der Waals surface area contributed by atoms with Crippen LogP contribution in [0.3, 0.4) is 0 Å². The second-order valence-corrected chi connectivity index (χ2v) is 14.7.